The van der Waals surface area contributed by atoms with Crippen molar-refractivity contribution < 1.29 is 13.6 Å². The van der Waals surface area contributed by atoms with E-state index in [9.17, 15) is 13.6 Å². The minimum atomic E-state index is -0.475. The molecule has 0 heterocycles. The second-order valence-electron chi connectivity index (χ2n) is 4.55. The molecule has 0 aliphatic heterocycles. The lowest BCUT2D eigenvalue weighted by molar-refractivity contribution is -0.115. The van der Waals surface area contributed by atoms with Crippen LogP contribution < -0.4 is 10.6 Å². The topological polar surface area (TPSA) is 41.1 Å². The van der Waals surface area contributed by atoms with Gasteiger partial charge in [0.1, 0.15) is 11.6 Å². The van der Waals surface area contributed by atoms with E-state index in [1.807, 2.05) is 0 Å². The van der Waals surface area contributed by atoms with Gasteiger partial charge in [0.05, 0.1) is 12.2 Å². The number of carbonyl (C=O) groups excluding carboxylic acids is 1. The van der Waals surface area contributed by atoms with Gasteiger partial charge in [-0.15, -0.1) is 0 Å². The highest BCUT2D eigenvalue weighted by Gasteiger charge is 2.06. The van der Waals surface area contributed by atoms with Crippen LogP contribution in [0.25, 0.3) is 0 Å². The van der Waals surface area contributed by atoms with Crippen molar-refractivity contribution in [2.75, 3.05) is 18.4 Å². The summed E-state index contributed by atoms with van der Waals surface area (Å²) < 4.78 is 26.7. The third kappa shape index (κ3) is 4.65. The zero-order chi connectivity index (χ0) is 15.1. The Bertz CT molecular complexity index is 617. The highest BCUT2D eigenvalue weighted by atomic mass is 19.1. The molecule has 0 saturated carbocycles. The second kappa shape index (κ2) is 7.50. The van der Waals surface area contributed by atoms with E-state index in [4.69, 9.17) is 0 Å². The number of rotatable bonds is 6. The molecule has 0 atom stereocenters. The number of benzene rings is 2. The molecule has 0 saturated heterocycles. The predicted octanol–water partition coefficient (Wildman–Crippen LogP) is 2.74. The first-order valence-electron chi connectivity index (χ1n) is 6.65. The monoisotopic (exact) mass is 290 g/mol. The summed E-state index contributed by atoms with van der Waals surface area (Å²) in [6.07, 6.45) is 0.486. The van der Waals surface area contributed by atoms with Crippen LogP contribution in [0.15, 0.2) is 48.5 Å². The van der Waals surface area contributed by atoms with Crippen molar-refractivity contribution in [3.05, 3.63) is 65.7 Å². The summed E-state index contributed by atoms with van der Waals surface area (Å²) in [5.41, 5.74) is 0.748. The average Bonchev–Trinajstić information content (AvgIpc) is 2.48. The number of carbonyl (C=O) groups is 1. The lowest BCUT2D eigenvalue weighted by Gasteiger charge is -2.08. The Morgan fingerprint density at radius 2 is 1.62 bits per heavy atom. The third-order valence-corrected chi connectivity index (χ3v) is 2.96. The third-order valence-electron chi connectivity index (χ3n) is 2.96. The van der Waals surface area contributed by atoms with E-state index >= 15 is 0 Å². The molecule has 0 aliphatic rings. The molecule has 0 aliphatic carbocycles. The largest absolute Gasteiger partial charge is 0.322 e. The molecule has 0 aromatic heterocycles. The Morgan fingerprint density at radius 3 is 2.33 bits per heavy atom. The van der Waals surface area contributed by atoms with Gasteiger partial charge in [-0.3, -0.25) is 4.79 Å². The van der Waals surface area contributed by atoms with E-state index in [0.29, 0.717) is 18.5 Å². The van der Waals surface area contributed by atoms with Crippen LogP contribution in [0.3, 0.4) is 0 Å². The fraction of sp³-hybridized carbons (Fsp3) is 0.188. The fourth-order valence-corrected chi connectivity index (χ4v) is 1.88. The van der Waals surface area contributed by atoms with Gasteiger partial charge in [0.15, 0.2) is 0 Å². The van der Waals surface area contributed by atoms with Crippen LogP contribution in [-0.2, 0) is 11.2 Å². The Labute approximate surface area is 122 Å². The van der Waals surface area contributed by atoms with E-state index in [1.54, 1.807) is 30.3 Å². The highest BCUT2D eigenvalue weighted by Crippen LogP contribution is 2.11. The van der Waals surface area contributed by atoms with Gasteiger partial charge in [0, 0.05) is 0 Å². The van der Waals surface area contributed by atoms with E-state index in [-0.39, 0.29) is 24.0 Å². The number of amides is 1. The molecule has 5 heteroatoms. The molecule has 0 spiro atoms. The first-order chi connectivity index (χ1) is 10.2. The van der Waals surface area contributed by atoms with Crippen molar-refractivity contribution in [3.63, 3.8) is 0 Å². The number of anilines is 1. The van der Waals surface area contributed by atoms with E-state index in [1.165, 1.54) is 18.2 Å². The van der Waals surface area contributed by atoms with Gasteiger partial charge in [0.2, 0.25) is 5.91 Å². The van der Waals surface area contributed by atoms with E-state index in [2.05, 4.69) is 10.6 Å². The zero-order valence-electron chi connectivity index (χ0n) is 11.4. The molecule has 3 nitrogen and oxygen atoms in total. The summed E-state index contributed by atoms with van der Waals surface area (Å²) in [5, 5.41) is 5.37. The molecule has 2 aromatic rings. The smallest absolute Gasteiger partial charge is 0.238 e. The van der Waals surface area contributed by atoms with Gasteiger partial charge in [-0.25, -0.2) is 8.78 Å². The summed E-state index contributed by atoms with van der Waals surface area (Å²) in [6.45, 7) is 0.508. The van der Waals surface area contributed by atoms with Crippen molar-refractivity contribution in [1.29, 1.82) is 0 Å². The van der Waals surface area contributed by atoms with Crippen LogP contribution in [-0.4, -0.2) is 19.0 Å². The Balaban J connectivity index is 1.73. The van der Waals surface area contributed by atoms with Crippen molar-refractivity contribution >= 4 is 11.6 Å². The molecular formula is C16H16F2N2O. The fourth-order valence-electron chi connectivity index (χ4n) is 1.88. The van der Waals surface area contributed by atoms with Gasteiger partial charge in [-0.05, 0) is 36.7 Å². The van der Waals surface area contributed by atoms with Crippen LogP contribution in [0.1, 0.15) is 5.56 Å². The summed E-state index contributed by atoms with van der Waals surface area (Å²) in [5.74, 6) is -1.07. The van der Waals surface area contributed by atoms with Gasteiger partial charge in [0.25, 0.3) is 0 Å². The number of halogens is 2. The first-order valence-corrected chi connectivity index (χ1v) is 6.65. The molecule has 2 N–H and O–H groups in total. The zero-order valence-corrected chi connectivity index (χ0v) is 11.4. The standard InChI is InChI=1S/C16H16F2N2O/c17-13-6-2-1-5-12(13)9-10-19-11-16(21)20-15-8-4-3-7-14(15)18/h1-8,19H,9-11H2,(H,20,21). The molecule has 0 unspecified atom stereocenters. The first kappa shape index (κ1) is 15.1. The highest BCUT2D eigenvalue weighted by molar-refractivity contribution is 5.92. The number of hydrogen-bond acceptors (Lipinski definition) is 2. The number of para-hydroxylation sites is 1. The van der Waals surface area contributed by atoms with Crippen LogP contribution >= 0.6 is 0 Å². The van der Waals surface area contributed by atoms with E-state index in [0.717, 1.165) is 0 Å². The van der Waals surface area contributed by atoms with Gasteiger partial charge >= 0.3 is 0 Å². The second-order valence-corrected chi connectivity index (χ2v) is 4.55. The van der Waals surface area contributed by atoms with Crippen LogP contribution in [0.5, 0.6) is 0 Å². The Hall–Kier alpha value is -2.27. The molecule has 0 bridgehead atoms. The van der Waals surface area contributed by atoms with E-state index < -0.39 is 5.82 Å². The normalized spacial score (nSPS) is 10.4. The maximum Gasteiger partial charge on any atom is 0.238 e. The van der Waals surface area contributed by atoms with Crippen molar-refractivity contribution in [2.45, 2.75) is 6.42 Å². The molecule has 1 amide bonds. The van der Waals surface area contributed by atoms with Crippen LogP contribution in [0, 0.1) is 11.6 Å². The lowest BCUT2D eigenvalue weighted by atomic mass is 10.1. The van der Waals surface area contributed by atoms with Gasteiger partial charge in [-0.2, -0.15) is 0 Å². The molecule has 0 fully saturated rings. The molecule has 21 heavy (non-hydrogen) atoms. The Morgan fingerprint density at radius 1 is 0.952 bits per heavy atom. The summed E-state index contributed by atoms with van der Waals surface area (Å²) >= 11 is 0. The minimum Gasteiger partial charge on any atom is -0.322 e. The van der Waals surface area contributed by atoms with Crippen LogP contribution in [0.2, 0.25) is 0 Å². The Kier molecular flexibility index (Phi) is 5.40. The molecule has 2 rings (SSSR count). The van der Waals surface area contributed by atoms with Crippen molar-refractivity contribution in [2.24, 2.45) is 0 Å². The van der Waals surface area contributed by atoms with Gasteiger partial charge in [-0.1, -0.05) is 30.3 Å². The SMILES string of the molecule is O=C(CNCCc1ccccc1F)Nc1ccccc1F. The van der Waals surface area contributed by atoms with Gasteiger partial charge < -0.3 is 10.6 Å². The summed E-state index contributed by atoms with van der Waals surface area (Å²) in [6, 6.07) is 12.5. The lowest BCUT2D eigenvalue weighted by Crippen LogP contribution is -2.29. The molecule has 0 radical (unpaired) electrons. The number of hydrogen-bond donors (Lipinski definition) is 2. The van der Waals surface area contributed by atoms with Crippen molar-refractivity contribution in [3.8, 4) is 0 Å². The average molecular weight is 290 g/mol. The summed E-state index contributed by atoms with van der Waals surface area (Å²) in [4.78, 5) is 11.6. The molecule has 110 valence electrons. The molecule has 2 aromatic carbocycles. The predicted molar refractivity (Wildman–Crippen MR) is 78.0 cm³/mol. The number of nitrogens with one attached hydrogen (secondary N) is 2. The minimum absolute atomic E-state index is 0.0444. The molecular weight excluding hydrogens is 274 g/mol. The van der Waals surface area contributed by atoms with Crippen molar-refractivity contribution in [1.82, 2.24) is 5.32 Å². The quantitative estimate of drug-likeness (QED) is 0.803. The maximum absolute atomic E-state index is 13.4. The summed E-state index contributed by atoms with van der Waals surface area (Å²) in [7, 11) is 0. The maximum atomic E-state index is 13.4. The van der Waals surface area contributed by atoms with Crippen LogP contribution in [0.4, 0.5) is 14.5 Å².